The lowest BCUT2D eigenvalue weighted by Gasteiger charge is -2.35. The highest BCUT2D eigenvalue weighted by Crippen LogP contribution is 2.34. The van der Waals surface area contributed by atoms with Crippen LogP contribution in [-0.2, 0) is 4.79 Å². The number of hydrogen-bond donors (Lipinski definition) is 1. The number of nitrogens with zero attached hydrogens (tertiary/aromatic N) is 1. The van der Waals surface area contributed by atoms with Crippen molar-refractivity contribution in [1.82, 2.24) is 4.90 Å². The van der Waals surface area contributed by atoms with Crippen LogP contribution in [0.2, 0.25) is 0 Å². The van der Waals surface area contributed by atoms with E-state index in [9.17, 15) is 4.79 Å². The zero-order valence-corrected chi connectivity index (χ0v) is 11.9. The SMILES string of the molecule is CCC1CCC(C)N1C(=O)C1CCCC(CN)C1. The van der Waals surface area contributed by atoms with Crippen LogP contribution in [0.4, 0.5) is 0 Å². The molecule has 1 aliphatic heterocycles. The molecule has 2 N–H and O–H groups in total. The zero-order valence-electron chi connectivity index (χ0n) is 11.9. The lowest BCUT2D eigenvalue weighted by molar-refractivity contribution is -0.139. The molecule has 104 valence electrons. The van der Waals surface area contributed by atoms with E-state index in [2.05, 4.69) is 18.7 Å². The summed E-state index contributed by atoms with van der Waals surface area (Å²) in [7, 11) is 0. The molecule has 1 saturated heterocycles. The number of carbonyl (C=O) groups excluding carboxylic acids is 1. The molecule has 1 aliphatic carbocycles. The maximum atomic E-state index is 12.7. The van der Waals surface area contributed by atoms with Crippen molar-refractivity contribution in [2.24, 2.45) is 17.6 Å². The highest BCUT2D eigenvalue weighted by molar-refractivity contribution is 5.80. The summed E-state index contributed by atoms with van der Waals surface area (Å²) in [5, 5.41) is 0. The monoisotopic (exact) mass is 252 g/mol. The van der Waals surface area contributed by atoms with Crippen molar-refractivity contribution >= 4 is 5.91 Å². The van der Waals surface area contributed by atoms with E-state index < -0.39 is 0 Å². The molecular formula is C15H28N2O. The fourth-order valence-corrected chi connectivity index (χ4v) is 3.81. The molecule has 0 bridgehead atoms. The third-order valence-electron chi connectivity index (χ3n) is 4.98. The van der Waals surface area contributed by atoms with Gasteiger partial charge in [-0.25, -0.2) is 0 Å². The standard InChI is InChI=1S/C15H28N2O/c1-3-14-8-7-11(2)17(14)15(18)13-6-4-5-12(9-13)10-16/h11-14H,3-10,16H2,1-2H3. The Bertz CT molecular complexity index is 292. The molecule has 18 heavy (non-hydrogen) atoms. The van der Waals surface area contributed by atoms with Crippen LogP contribution in [0.1, 0.15) is 58.8 Å². The van der Waals surface area contributed by atoms with Crippen molar-refractivity contribution in [3.8, 4) is 0 Å². The smallest absolute Gasteiger partial charge is 0.226 e. The third-order valence-corrected chi connectivity index (χ3v) is 4.98. The maximum Gasteiger partial charge on any atom is 0.226 e. The summed E-state index contributed by atoms with van der Waals surface area (Å²) in [6.07, 6.45) is 7.96. The summed E-state index contributed by atoms with van der Waals surface area (Å²) in [5.74, 6) is 1.25. The number of carbonyl (C=O) groups is 1. The predicted molar refractivity (Wildman–Crippen MR) is 74.1 cm³/mol. The Morgan fingerprint density at radius 1 is 1.28 bits per heavy atom. The van der Waals surface area contributed by atoms with Crippen molar-refractivity contribution < 1.29 is 4.79 Å². The largest absolute Gasteiger partial charge is 0.337 e. The number of nitrogens with two attached hydrogens (primary N) is 1. The second-order valence-corrected chi connectivity index (χ2v) is 6.20. The number of likely N-dealkylation sites (tertiary alicyclic amines) is 1. The molecule has 3 heteroatoms. The van der Waals surface area contributed by atoms with Gasteiger partial charge in [0, 0.05) is 18.0 Å². The topological polar surface area (TPSA) is 46.3 Å². The van der Waals surface area contributed by atoms with Crippen molar-refractivity contribution in [2.45, 2.75) is 70.9 Å². The molecule has 0 aromatic heterocycles. The molecule has 1 amide bonds. The molecular weight excluding hydrogens is 224 g/mol. The number of hydrogen-bond acceptors (Lipinski definition) is 2. The molecule has 1 heterocycles. The van der Waals surface area contributed by atoms with Gasteiger partial charge in [-0.2, -0.15) is 0 Å². The Labute approximate surface area is 111 Å². The van der Waals surface area contributed by atoms with E-state index in [0.717, 1.165) is 25.8 Å². The molecule has 0 radical (unpaired) electrons. The summed E-state index contributed by atoms with van der Waals surface area (Å²) in [4.78, 5) is 14.9. The Hall–Kier alpha value is -0.570. The van der Waals surface area contributed by atoms with E-state index in [1.807, 2.05) is 0 Å². The van der Waals surface area contributed by atoms with Gasteiger partial charge in [-0.15, -0.1) is 0 Å². The van der Waals surface area contributed by atoms with Crippen LogP contribution in [0.15, 0.2) is 0 Å². The normalized spacial score (nSPS) is 36.9. The minimum Gasteiger partial charge on any atom is -0.337 e. The Kier molecular flexibility index (Phi) is 4.66. The highest BCUT2D eigenvalue weighted by Gasteiger charge is 2.37. The molecule has 2 aliphatic rings. The molecule has 2 rings (SSSR count). The van der Waals surface area contributed by atoms with Gasteiger partial charge in [-0.05, 0) is 57.9 Å². The van der Waals surface area contributed by atoms with Crippen LogP contribution in [0.25, 0.3) is 0 Å². The van der Waals surface area contributed by atoms with Crippen molar-refractivity contribution in [3.05, 3.63) is 0 Å². The van der Waals surface area contributed by atoms with Crippen LogP contribution < -0.4 is 5.73 Å². The second kappa shape index (κ2) is 6.05. The summed E-state index contributed by atoms with van der Waals surface area (Å²) in [5.41, 5.74) is 5.77. The minimum atomic E-state index is 0.252. The summed E-state index contributed by atoms with van der Waals surface area (Å²) in [6.45, 7) is 5.15. The quantitative estimate of drug-likeness (QED) is 0.839. The average Bonchev–Trinajstić information content (AvgIpc) is 2.79. The third kappa shape index (κ3) is 2.71. The lowest BCUT2D eigenvalue weighted by atomic mass is 9.80. The molecule has 4 atom stereocenters. The van der Waals surface area contributed by atoms with Crippen LogP contribution in [-0.4, -0.2) is 29.4 Å². The van der Waals surface area contributed by atoms with Gasteiger partial charge in [0.2, 0.25) is 5.91 Å². The van der Waals surface area contributed by atoms with Crippen LogP contribution >= 0.6 is 0 Å². The molecule has 0 spiro atoms. The van der Waals surface area contributed by atoms with E-state index >= 15 is 0 Å². The molecule has 0 aromatic carbocycles. The van der Waals surface area contributed by atoms with Gasteiger partial charge < -0.3 is 10.6 Å². The zero-order chi connectivity index (χ0) is 13.1. The minimum absolute atomic E-state index is 0.252. The second-order valence-electron chi connectivity index (χ2n) is 6.20. The van der Waals surface area contributed by atoms with Crippen LogP contribution in [0.5, 0.6) is 0 Å². The fourth-order valence-electron chi connectivity index (χ4n) is 3.81. The number of amides is 1. The van der Waals surface area contributed by atoms with Gasteiger partial charge in [-0.3, -0.25) is 4.79 Å². The van der Waals surface area contributed by atoms with E-state index in [1.54, 1.807) is 0 Å². The predicted octanol–water partition coefficient (Wildman–Crippen LogP) is 2.54. The molecule has 4 unspecified atom stereocenters. The highest BCUT2D eigenvalue weighted by atomic mass is 16.2. The Balaban J connectivity index is 2.01. The Morgan fingerprint density at radius 3 is 2.72 bits per heavy atom. The molecule has 0 aromatic rings. The van der Waals surface area contributed by atoms with E-state index in [0.29, 0.717) is 23.9 Å². The van der Waals surface area contributed by atoms with Crippen molar-refractivity contribution in [3.63, 3.8) is 0 Å². The van der Waals surface area contributed by atoms with Gasteiger partial charge in [0.15, 0.2) is 0 Å². The molecule has 3 nitrogen and oxygen atoms in total. The van der Waals surface area contributed by atoms with Gasteiger partial charge in [-0.1, -0.05) is 13.3 Å². The molecule has 1 saturated carbocycles. The van der Waals surface area contributed by atoms with Crippen LogP contribution in [0.3, 0.4) is 0 Å². The molecule has 2 fully saturated rings. The van der Waals surface area contributed by atoms with E-state index in [-0.39, 0.29) is 5.92 Å². The van der Waals surface area contributed by atoms with Crippen LogP contribution in [0, 0.1) is 11.8 Å². The first-order chi connectivity index (χ1) is 8.67. The summed E-state index contributed by atoms with van der Waals surface area (Å²) < 4.78 is 0. The van der Waals surface area contributed by atoms with Crippen molar-refractivity contribution in [1.29, 1.82) is 0 Å². The van der Waals surface area contributed by atoms with E-state index in [4.69, 9.17) is 5.73 Å². The summed E-state index contributed by atoms with van der Waals surface area (Å²) >= 11 is 0. The first-order valence-electron chi connectivity index (χ1n) is 7.69. The summed E-state index contributed by atoms with van der Waals surface area (Å²) in [6, 6.07) is 0.937. The number of rotatable bonds is 3. The maximum absolute atomic E-state index is 12.7. The first kappa shape index (κ1) is 13.9. The van der Waals surface area contributed by atoms with Gasteiger partial charge in [0.05, 0.1) is 0 Å². The van der Waals surface area contributed by atoms with Crippen molar-refractivity contribution in [2.75, 3.05) is 6.54 Å². The van der Waals surface area contributed by atoms with E-state index in [1.165, 1.54) is 25.7 Å². The van der Waals surface area contributed by atoms with Gasteiger partial charge in [0.1, 0.15) is 0 Å². The van der Waals surface area contributed by atoms with Gasteiger partial charge in [0.25, 0.3) is 0 Å². The lowest BCUT2D eigenvalue weighted by Crippen LogP contribution is -2.44. The average molecular weight is 252 g/mol. The first-order valence-corrected chi connectivity index (χ1v) is 7.69. The fraction of sp³-hybridized carbons (Fsp3) is 0.933. The van der Waals surface area contributed by atoms with Gasteiger partial charge >= 0.3 is 0 Å². The Morgan fingerprint density at radius 2 is 2.06 bits per heavy atom.